The topological polar surface area (TPSA) is 143 Å². The van der Waals surface area contributed by atoms with E-state index in [4.69, 9.17) is 0 Å². The smallest absolute Gasteiger partial charge is 0.273 e. The van der Waals surface area contributed by atoms with Crippen molar-refractivity contribution < 1.29 is 18.0 Å². The first-order chi connectivity index (χ1) is 12.8. The van der Waals surface area contributed by atoms with Crippen LogP contribution in [0.5, 0.6) is 0 Å². The Hall–Kier alpha value is -3.08. The van der Waals surface area contributed by atoms with Crippen LogP contribution in [0, 0.1) is 5.92 Å². The van der Waals surface area contributed by atoms with E-state index in [0.29, 0.717) is 0 Å². The fourth-order valence-electron chi connectivity index (χ4n) is 2.32. The molecule has 27 heavy (non-hydrogen) atoms. The molecule has 2 aromatic rings. The number of nitrogens with one attached hydrogen (secondary N) is 3. The summed E-state index contributed by atoms with van der Waals surface area (Å²) in [5.74, 6) is -0.537. The Morgan fingerprint density at radius 1 is 1.22 bits per heavy atom. The van der Waals surface area contributed by atoms with Crippen molar-refractivity contribution in [2.75, 3.05) is 23.9 Å². The first-order valence-corrected chi connectivity index (χ1v) is 10.0. The van der Waals surface area contributed by atoms with Crippen LogP contribution in [0.25, 0.3) is 0 Å². The number of carbonyl (C=O) groups is 2. The quantitative estimate of drug-likeness (QED) is 0.655. The van der Waals surface area contributed by atoms with Gasteiger partial charge in [-0.05, 0) is 25.0 Å². The predicted octanol–water partition coefficient (Wildman–Crippen LogP) is 0.727. The largest absolute Gasteiger partial charge is 0.354 e. The van der Waals surface area contributed by atoms with Gasteiger partial charge in [0, 0.05) is 31.5 Å². The summed E-state index contributed by atoms with van der Waals surface area (Å²) in [6.07, 6.45) is 4.13. The summed E-state index contributed by atoms with van der Waals surface area (Å²) in [7, 11) is -2.13. The number of pyridine rings is 1. The van der Waals surface area contributed by atoms with Crippen molar-refractivity contribution in [2.24, 2.45) is 5.92 Å². The van der Waals surface area contributed by atoms with Crippen molar-refractivity contribution in [1.82, 2.24) is 20.5 Å². The number of sulfone groups is 1. The Balaban J connectivity index is 1.99. The third-order valence-electron chi connectivity index (χ3n) is 3.86. The Bertz CT molecular complexity index is 1000. The molecule has 0 spiro atoms. The molecule has 1 aliphatic carbocycles. The van der Waals surface area contributed by atoms with Gasteiger partial charge in [-0.25, -0.2) is 13.4 Å². The molecular weight excluding hydrogens is 372 g/mol. The normalized spacial score (nSPS) is 13.7. The maximum Gasteiger partial charge on any atom is 0.273 e. The molecular formula is C16H18N6O4S. The molecule has 0 unspecified atom stereocenters. The summed E-state index contributed by atoms with van der Waals surface area (Å²) in [6.45, 7) is 0. The van der Waals surface area contributed by atoms with Gasteiger partial charge in [-0.15, -0.1) is 10.2 Å². The zero-order valence-corrected chi connectivity index (χ0v) is 15.5. The van der Waals surface area contributed by atoms with Gasteiger partial charge >= 0.3 is 0 Å². The van der Waals surface area contributed by atoms with E-state index in [0.717, 1.165) is 19.1 Å². The minimum Gasteiger partial charge on any atom is -0.354 e. The Morgan fingerprint density at radius 2 is 1.96 bits per heavy atom. The SMILES string of the molecule is CNC(=O)c1nnc(NC(=O)C2CC2)cc1Nc1ncccc1S(C)(=O)=O. The van der Waals surface area contributed by atoms with Gasteiger partial charge in [0.1, 0.15) is 10.7 Å². The Labute approximate surface area is 155 Å². The number of hydrogen-bond donors (Lipinski definition) is 3. The maximum absolute atomic E-state index is 12.1. The molecule has 0 radical (unpaired) electrons. The van der Waals surface area contributed by atoms with Gasteiger partial charge in [-0.1, -0.05) is 0 Å². The number of nitrogens with zero attached hydrogens (tertiary/aromatic N) is 3. The monoisotopic (exact) mass is 390 g/mol. The number of carbonyl (C=O) groups excluding carboxylic acids is 2. The fraction of sp³-hybridized carbons (Fsp3) is 0.312. The summed E-state index contributed by atoms with van der Waals surface area (Å²) in [4.78, 5) is 28.0. The van der Waals surface area contributed by atoms with Crippen LogP contribution in [0.4, 0.5) is 17.3 Å². The van der Waals surface area contributed by atoms with E-state index < -0.39 is 15.7 Å². The van der Waals surface area contributed by atoms with Crippen molar-refractivity contribution in [2.45, 2.75) is 17.7 Å². The molecule has 2 amide bonds. The number of hydrogen-bond acceptors (Lipinski definition) is 8. The summed E-state index contributed by atoms with van der Waals surface area (Å²) in [5.41, 5.74) is 0.103. The summed E-state index contributed by atoms with van der Waals surface area (Å²) < 4.78 is 23.9. The molecule has 0 bridgehead atoms. The van der Waals surface area contributed by atoms with Gasteiger partial charge in [0.2, 0.25) is 5.91 Å². The van der Waals surface area contributed by atoms with Crippen LogP contribution < -0.4 is 16.0 Å². The van der Waals surface area contributed by atoms with E-state index in [9.17, 15) is 18.0 Å². The lowest BCUT2D eigenvalue weighted by Gasteiger charge is -2.13. The van der Waals surface area contributed by atoms with E-state index in [1.54, 1.807) is 0 Å². The molecule has 10 nitrogen and oxygen atoms in total. The van der Waals surface area contributed by atoms with E-state index >= 15 is 0 Å². The average Bonchev–Trinajstić information content (AvgIpc) is 3.46. The molecule has 0 aromatic carbocycles. The lowest BCUT2D eigenvalue weighted by Crippen LogP contribution is -2.22. The zero-order valence-electron chi connectivity index (χ0n) is 14.7. The van der Waals surface area contributed by atoms with Gasteiger partial charge < -0.3 is 16.0 Å². The van der Waals surface area contributed by atoms with Gasteiger partial charge in [0.25, 0.3) is 5.91 Å². The molecule has 0 atom stereocenters. The van der Waals surface area contributed by atoms with Crippen LogP contribution in [0.3, 0.4) is 0 Å². The molecule has 11 heteroatoms. The molecule has 1 aliphatic rings. The van der Waals surface area contributed by atoms with Crippen LogP contribution in [0.15, 0.2) is 29.3 Å². The van der Waals surface area contributed by atoms with Gasteiger partial charge in [0.05, 0.1) is 5.69 Å². The number of rotatable bonds is 6. The van der Waals surface area contributed by atoms with Crippen molar-refractivity contribution in [1.29, 1.82) is 0 Å². The molecule has 0 aliphatic heterocycles. The first-order valence-electron chi connectivity index (χ1n) is 8.12. The van der Waals surface area contributed by atoms with E-state index in [-0.39, 0.29) is 39.7 Å². The third-order valence-corrected chi connectivity index (χ3v) is 4.99. The molecule has 142 valence electrons. The summed E-state index contributed by atoms with van der Waals surface area (Å²) >= 11 is 0. The highest BCUT2D eigenvalue weighted by Gasteiger charge is 2.30. The van der Waals surface area contributed by atoms with Crippen LogP contribution in [0.1, 0.15) is 23.3 Å². The van der Waals surface area contributed by atoms with Crippen molar-refractivity contribution >= 4 is 39.0 Å². The third kappa shape index (κ3) is 4.37. The average molecular weight is 390 g/mol. The first kappa shape index (κ1) is 18.7. The van der Waals surface area contributed by atoms with Gasteiger partial charge in [-0.3, -0.25) is 9.59 Å². The lowest BCUT2D eigenvalue weighted by atomic mass is 10.2. The molecule has 1 saturated carbocycles. The molecule has 3 rings (SSSR count). The van der Waals surface area contributed by atoms with Crippen LogP contribution in [-0.2, 0) is 14.6 Å². The predicted molar refractivity (Wildman–Crippen MR) is 97.4 cm³/mol. The minimum atomic E-state index is -3.56. The van der Waals surface area contributed by atoms with Crippen LogP contribution >= 0.6 is 0 Å². The standard InChI is InChI=1S/C16H18N6O4S/c1-17-16(24)13-10(8-12(21-22-13)20-15(23)9-5-6-9)19-14-11(27(2,25)26)4-3-7-18-14/h3-4,7-9H,5-6H2,1-2H3,(H,17,24)(H2,18,19,20,21,23). The number of amides is 2. The maximum atomic E-state index is 12.1. The number of anilines is 3. The summed E-state index contributed by atoms with van der Waals surface area (Å²) in [6, 6.07) is 4.31. The highest BCUT2D eigenvalue weighted by molar-refractivity contribution is 7.90. The van der Waals surface area contributed by atoms with Crippen LogP contribution in [0.2, 0.25) is 0 Å². The molecule has 0 saturated heterocycles. The second kappa shape index (κ2) is 7.27. The molecule has 2 aromatic heterocycles. The van der Waals surface area contributed by atoms with E-state index in [1.807, 2.05) is 0 Å². The Kier molecular flexibility index (Phi) is 5.04. The highest BCUT2D eigenvalue weighted by Crippen LogP contribution is 2.30. The van der Waals surface area contributed by atoms with Crippen molar-refractivity contribution in [3.05, 3.63) is 30.1 Å². The highest BCUT2D eigenvalue weighted by atomic mass is 32.2. The zero-order chi connectivity index (χ0) is 19.6. The van der Waals surface area contributed by atoms with E-state index in [1.165, 1.54) is 31.4 Å². The second-order valence-electron chi connectivity index (χ2n) is 6.08. The minimum absolute atomic E-state index is 0.0329. The lowest BCUT2D eigenvalue weighted by molar-refractivity contribution is -0.117. The van der Waals surface area contributed by atoms with E-state index in [2.05, 4.69) is 31.1 Å². The molecule has 1 fully saturated rings. The Morgan fingerprint density at radius 3 is 2.59 bits per heavy atom. The fourth-order valence-corrected chi connectivity index (χ4v) is 3.10. The second-order valence-corrected chi connectivity index (χ2v) is 8.07. The molecule has 3 N–H and O–H groups in total. The van der Waals surface area contributed by atoms with Gasteiger partial charge in [-0.2, -0.15) is 0 Å². The van der Waals surface area contributed by atoms with Crippen LogP contribution in [-0.4, -0.2) is 48.7 Å². The number of aromatic nitrogens is 3. The van der Waals surface area contributed by atoms with Crippen molar-refractivity contribution in [3.8, 4) is 0 Å². The van der Waals surface area contributed by atoms with Gasteiger partial charge in [0.15, 0.2) is 21.3 Å². The van der Waals surface area contributed by atoms with Crippen molar-refractivity contribution in [3.63, 3.8) is 0 Å². The molecule has 2 heterocycles. The summed E-state index contributed by atoms with van der Waals surface area (Å²) in [5, 5.41) is 15.6.